The SMILES string of the molecule is Cc1cccc(C(C)CNC(=O)NCc2ccncc2)c1. The number of amides is 2. The van der Waals surface area contributed by atoms with Crippen molar-refractivity contribution in [3.05, 3.63) is 65.5 Å². The average molecular weight is 283 g/mol. The van der Waals surface area contributed by atoms with Crippen molar-refractivity contribution < 1.29 is 4.79 Å². The van der Waals surface area contributed by atoms with Gasteiger partial charge in [-0.25, -0.2) is 4.79 Å². The molecule has 1 aromatic carbocycles. The second-order valence-electron chi connectivity index (χ2n) is 5.23. The maximum atomic E-state index is 11.8. The molecule has 0 aliphatic carbocycles. The van der Waals surface area contributed by atoms with Gasteiger partial charge in [-0.05, 0) is 36.1 Å². The van der Waals surface area contributed by atoms with Crippen LogP contribution in [-0.2, 0) is 6.54 Å². The van der Waals surface area contributed by atoms with Gasteiger partial charge in [0.15, 0.2) is 0 Å². The minimum Gasteiger partial charge on any atom is -0.338 e. The first-order valence-corrected chi connectivity index (χ1v) is 7.12. The quantitative estimate of drug-likeness (QED) is 0.886. The molecular formula is C17H21N3O. The molecule has 2 N–H and O–H groups in total. The zero-order chi connectivity index (χ0) is 15.1. The first-order valence-electron chi connectivity index (χ1n) is 7.12. The van der Waals surface area contributed by atoms with Crippen LogP contribution in [0.5, 0.6) is 0 Å². The molecule has 0 aliphatic heterocycles. The number of rotatable bonds is 5. The summed E-state index contributed by atoms with van der Waals surface area (Å²) < 4.78 is 0. The lowest BCUT2D eigenvalue weighted by atomic mass is 9.99. The molecule has 4 heteroatoms. The Labute approximate surface area is 125 Å². The number of pyridine rings is 1. The highest BCUT2D eigenvalue weighted by Crippen LogP contribution is 2.15. The molecule has 1 unspecified atom stereocenters. The molecule has 0 fully saturated rings. The van der Waals surface area contributed by atoms with E-state index in [0.29, 0.717) is 13.1 Å². The normalized spacial score (nSPS) is 11.7. The van der Waals surface area contributed by atoms with Crippen LogP contribution in [0.1, 0.15) is 29.5 Å². The van der Waals surface area contributed by atoms with Gasteiger partial charge in [0, 0.05) is 25.5 Å². The van der Waals surface area contributed by atoms with Gasteiger partial charge in [-0.1, -0.05) is 36.8 Å². The second-order valence-corrected chi connectivity index (χ2v) is 5.23. The van der Waals surface area contributed by atoms with Crippen molar-refractivity contribution in [2.75, 3.05) is 6.54 Å². The van der Waals surface area contributed by atoms with Gasteiger partial charge in [-0.3, -0.25) is 4.98 Å². The Kier molecular flexibility index (Phi) is 5.32. The van der Waals surface area contributed by atoms with Crippen LogP contribution in [0.15, 0.2) is 48.8 Å². The summed E-state index contributed by atoms with van der Waals surface area (Å²) in [7, 11) is 0. The summed E-state index contributed by atoms with van der Waals surface area (Å²) in [6.07, 6.45) is 3.43. The summed E-state index contributed by atoms with van der Waals surface area (Å²) in [5.74, 6) is 0.288. The van der Waals surface area contributed by atoms with E-state index in [2.05, 4.69) is 47.7 Å². The smallest absolute Gasteiger partial charge is 0.315 e. The number of carbonyl (C=O) groups excluding carboxylic acids is 1. The first-order chi connectivity index (χ1) is 10.1. The van der Waals surface area contributed by atoms with Crippen molar-refractivity contribution >= 4 is 6.03 Å². The Balaban J connectivity index is 1.76. The Hall–Kier alpha value is -2.36. The van der Waals surface area contributed by atoms with Crippen LogP contribution < -0.4 is 10.6 Å². The van der Waals surface area contributed by atoms with E-state index >= 15 is 0 Å². The molecule has 0 aliphatic rings. The average Bonchev–Trinajstić information content (AvgIpc) is 2.51. The molecule has 2 amide bonds. The Morgan fingerprint density at radius 3 is 2.67 bits per heavy atom. The Morgan fingerprint density at radius 1 is 1.19 bits per heavy atom. The first kappa shape index (κ1) is 15.0. The monoisotopic (exact) mass is 283 g/mol. The van der Waals surface area contributed by atoms with Crippen LogP contribution >= 0.6 is 0 Å². The predicted molar refractivity (Wildman–Crippen MR) is 84.1 cm³/mol. The van der Waals surface area contributed by atoms with Gasteiger partial charge in [-0.15, -0.1) is 0 Å². The number of hydrogen-bond donors (Lipinski definition) is 2. The summed E-state index contributed by atoms with van der Waals surface area (Å²) in [5, 5.41) is 5.74. The molecule has 0 radical (unpaired) electrons. The van der Waals surface area contributed by atoms with Gasteiger partial charge >= 0.3 is 6.03 Å². The number of benzene rings is 1. The molecule has 0 saturated carbocycles. The van der Waals surface area contributed by atoms with Gasteiger partial charge in [0.2, 0.25) is 0 Å². The molecule has 1 aromatic heterocycles. The van der Waals surface area contributed by atoms with E-state index in [-0.39, 0.29) is 11.9 Å². The molecule has 1 heterocycles. The van der Waals surface area contributed by atoms with Crippen molar-refractivity contribution in [2.45, 2.75) is 26.3 Å². The summed E-state index contributed by atoms with van der Waals surface area (Å²) in [5.41, 5.74) is 3.51. The molecule has 0 saturated heterocycles. The van der Waals surface area contributed by atoms with Crippen molar-refractivity contribution in [3.63, 3.8) is 0 Å². The number of aryl methyl sites for hydroxylation is 1. The highest BCUT2D eigenvalue weighted by molar-refractivity contribution is 5.73. The fourth-order valence-electron chi connectivity index (χ4n) is 2.09. The summed E-state index contributed by atoms with van der Waals surface area (Å²) >= 11 is 0. The zero-order valence-electron chi connectivity index (χ0n) is 12.5. The maximum absolute atomic E-state index is 11.8. The molecule has 0 bridgehead atoms. The highest BCUT2D eigenvalue weighted by atomic mass is 16.2. The number of hydrogen-bond acceptors (Lipinski definition) is 2. The van der Waals surface area contributed by atoms with Gasteiger partial charge < -0.3 is 10.6 Å². The Morgan fingerprint density at radius 2 is 1.95 bits per heavy atom. The molecule has 2 aromatic rings. The van der Waals surface area contributed by atoms with Gasteiger partial charge in [0.25, 0.3) is 0 Å². The van der Waals surface area contributed by atoms with Crippen LogP contribution in [0, 0.1) is 6.92 Å². The number of nitrogens with one attached hydrogen (secondary N) is 2. The summed E-state index contributed by atoms with van der Waals surface area (Å²) in [6.45, 7) is 5.31. The number of aromatic nitrogens is 1. The molecule has 1 atom stereocenters. The lowest BCUT2D eigenvalue weighted by Crippen LogP contribution is -2.37. The van der Waals surface area contributed by atoms with Crippen LogP contribution in [0.4, 0.5) is 4.79 Å². The fraction of sp³-hybridized carbons (Fsp3) is 0.294. The number of carbonyl (C=O) groups is 1. The Bertz CT molecular complexity index is 584. The minimum absolute atomic E-state index is 0.147. The van der Waals surface area contributed by atoms with Crippen LogP contribution in [0.3, 0.4) is 0 Å². The number of urea groups is 1. The van der Waals surface area contributed by atoms with E-state index in [1.54, 1.807) is 12.4 Å². The third-order valence-corrected chi connectivity index (χ3v) is 3.38. The van der Waals surface area contributed by atoms with E-state index in [9.17, 15) is 4.79 Å². The predicted octanol–water partition coefficient (Wildman–Crippen LogP) is 2.99. The van der Waals surface area contributed by atoms with E-state index in [1.165, 1.54) is 11.1 Å². The molecule has 0 spiro atoms. The molecule has 2 rings (SSSR count). The minimum atomic E-state index is -0.147. The molecule has 21 heavy (non-hydrogen) atoms. The summed E-state index contributed by atoms with van der Waals surface area (Å²) in [4.78, 5) is 15.7. The van der Waals surface area contributed by atoms with Crippen molar-refractivity contribution in [2.24, 2.45) is 0 Å². The van der Waals surface area contributed by atoms with Crippen LogP contribution in [0.25, 0.3) is 0 Å². The van der Waals surface area contributed by atoms with Crippen molar-refractivity contribution in [3.8, 4) is 0 Å². The molecule has 4 nitrogen and oxygen atoms in total. The number of nitrogens with zero attached hydrogens (tertiary/aromatic N) is 1. The van der Waals surface area contributed by atoms with E-state index in [1.807, 2.05) is 18.2 Å². The topological polar surface area (TPSA) is 54.0 Å². The van der Waals surface area contributed by atoms with Gasteiger partial charge in [-0.2, -0.15) is 0 Å². The standard InChI is InChI=1S/C17H21N3O/c1-13-4-3-5-16(10-13)14(2)11-19-17(21)20-12-15-6-8-18-9-7-15/h3-10,14H,11-12H2,1-2H3,(H2,19,20,21). The molecule has 110 valence electrons. The van der Waals surface area contributed by atoms with Crippen LogP contribution in [-0.4, -0.2) is 17.6 Å². The summed E-state index contributed by atoms with van der Waals surface area (Å²) in [6, 6.07) is 12.0. The van der Waals surface area contributed by atoms with Gasteiger partial charge in [0.1, 0.15) is 0 Å². The van der Waals surface area contributed by atoms with E-state index in [0.717, 1.165) is 5.56 Å². The maximum Gasteiger partial charge on any atom is 0.315 e. The van der Waals surface area contributed by atoms with Crippen LogP contribution in [0.2, 0.25) is 0 Å². The fourth-order valence-corrected chi connectivity index (χ4v) is 2.09. The van der Waals surface area contributed by atoms with E-state index < -0.39 is 0 Å². The third kappa shape index (κ3) is 4.91. The second kappa shape index (κ2) is 7.43. The largest absolute Gasteiger partial charge is 0.338 e. The zero-order valence-corrected chi connectivity index (χ0v) is 12.5. The lowest BCUT2D eigenvalue weighted by molar-refractivity contribution is 0.240. The third-order valence-electron chi connectivity index (χ3n) is 3.38. The van der Waals surface area contributed by atoms with Gasteiger partial charge in [0.05, 0.1) is 0 Å². The molecular weight excluding hydrogens is 262 g/mol. The highest BCUT2D eigenvalue weighted by Gasteiger charge is 2.07. The van der Waals surface area contributed by atoms with Crippen molar-refractivity contribution in [1.82, 2.24) is 15.6 Å². The van der Waals surface area contributed by atoms with E-state index in [4.69, 9.17) is 0 Å². The van der Waals surface area contributed by atoms with Crippen molar-refractivity contribution in [1.29, 1.82) is 0 Å². The lowest BCUT2D eigenvalue weighted by Gasteiger charge is -2.14.